The zero-order valence-electron chi connectivity index (χ0n) is 12.4. The second-order valence-corrected chi connectivity index (χ2v) is 7.80. The molecule has 0 aliphatic rings. The van der Waals surface area contributed by atoms with Gasteiger partial charge in [0, 0.05) is 18.5 Å². The first-order chi connectivity index (χ1) is 9.98. The first-order valence-electron chi connectivity index (χ1n) is 6.72. The van der Waals surface area contributed by atoms with Gasteiger partial charge in [0.05, 0.1) is 10.9 Å². The van der Waals surface area contributed by atoms with Gasteiger partial charge >= 0.3 is 0 Å². The molecule has 1 N–H and O–H groups in total. The maximum atomic E-state index is 12.9. The smallest absolute Gasteiger partial charge is 0.243 e. The number of hydrogen-bond acceptors (Lipinski definition) is 4. The van der Waals surface area contributed by atoms with Crippen molar-refractivity contribution in [2.45, 2.75) is 24.4 Å². The molecule has 1 atom stereocenters. The highest BCUT2D eigenvalue weighted by Gasteiger charge is 2.28. The van der Waals surface area contributed by atoms with Crippen molar-refractivity contribution in [2.75, 3.05) is 14.1 Å². The van der Waals surface area contributed by atoms with Crippen molar-refractivity contribution in [1.29, 1.82) is 0 Å². The third-order valence-corrected chi connectivity index (χ3v) is 6.57. The van der Waals surface area contributed by atoms with Crippen LogP contribution in [0.4, 0.5) is 0 Å². The molecule has 2 rings (SSSR count). The Labute approximate surface area is 130 Å². The second-order valence-electron chi connectivity index (χ2n) is 4.85. The van der Waals surface area contributed by atoms with Gasteiger partial charge in [-0.1, -0.05) is 24.3 Å². The van der Waals surface area contributed by atoms with E-state index in [2.05, 4.69) is 5.32 Å². The Kier molecular flexibility index (Phi) is 5.16. The van der Waals surface area contributed by atoms with Crippen LogP contribution < -0.4 is 5.32 Å². The monoisotopic (exact) mass is 324 g/mol. The lowest BCUT2D eigenvalue weighted by atomic mass is 10.2. The molecule has 1 aromatic heterocycles. The largest absolute Gasteiger partial charge is 0.316 e. The van der Waals surface area contributed by atoms with Crippen molar-refractivity contribution in [3.8, 4) is 0 Å². The van der Waals surface area contributed by atoms with Gasteiger partial charge in [-0.15, -0.1) is 11.3 Å². The van der Waals surface area contributed by atoms with E-state index in [0.29, 0.717) is 11.4 Å². The normalized spacial score (nSPS) is 13.5. The molecule has 1 unspecified atom stereocenters. The number of rotatable bonds is 6. The van der Waals surface area contributed by atoms with Gasteiger partial charge in [0.1, 0.15) is 0 Å². The van der Waals surface area contributed by atoms with Gasteiger partial charge in [0.25, 0.3) is 0 Å². The first kappa shape index (κ1) is 16.2. The van der Waals surface area contributed by atoms with E-state index in [9.17, 15) is 8.42 Å². The number of sulfonamides is 1. The standard InChI is InChI=1S/C15H20N2O2S2/c1-12(14-8-6-10-20-14)17(3)21(18,19)15-9-5-4-7-13(15)11-16-2/h4-10,12,16H,11H2,1-3H3. The lowest BCUT2D eigenvalue weighted by Crippen LogP contribution is -2.30. The van der Waals surface area contributed by atoms with E-state index >= 15 is 0 Å². The molecule has 6 heteroatoms. The van der Waals surface area contributed by atoms with Crippen LogP contribution in [0.1, 0.15) is 23.4 Å². The first-order valence-corrected chi connectivity index (χ1v) is 9.04. The Morgan fingerprint density at radius 1 is 1.24 bits per heavy atom. The van der Waals surface area contributed by atoms with Gasteiger partial charge in [0.15, 0.2) is 0 Å². The van der Waals surface area contributed by atoms with Crippen molar-refractivity contribution in [3.05, 3.63) is 52.2 Å². The summed E-state index contributed by atoms with van der Waals surface area (Å²) in [5.74, 6) is 0. The Morgan fingerprint density at radius 3 is 2.57 bits per heavy atom. The van der Waals surface area contributed by atoms with Gasteiger partial charge in [-0.3, -0.25) is 0 Å². The molecule has 0 amide bonds. The fourth-order valence-electron chi connectivity index (χ4n) is 2.16. The minimum absolute atomic E-state index is 0.183. The molecule has 0 radical (unpaired) electrons. The van der Waals surface area contributed by atoms with Crippen molar-refractivity contribution in [3.63, 3.8) is 0 Å². The van der Waals surface area contributed by atoms with Gasteiger partial charge in [0.2, 0.25) is 10.0 Å². The molecule has 0 fully saturated rings. The Bertz CT molecular complexity index is 681. The summed E-state index contributed by atoms with van der Waals surface area (Å²) in [6.45, 7) is 2.43. The number of nitrogens with one attached hydrogen (secondary N) is 1. The summed E-state index contributed by atoms with van der Waals surface area (Å²) in [4.78, 5) is 1.40. The van der Waals surface area contributed by atoms with Crippen LogP contribution in [0.15, 0.2) is 46.7 Å². The molecule has 1 aromatic carbocycles. The maximum absolute atomic E-state index is 12.9. The van der Waals surface area contributed by atoms with Crippen LogP contribution in [-0.4, -0.2) is 26.8 Å². The van der Waals surface area contributed by atoms with E-state index in [1.165, 1.54) is 4.31 Å². The molecule has 0 saturated carbocycles. The minimum atomic E-state index is -3.52. The van der Waals surface area contributed by atoms with Crippen LogP contribution >= 0.6 is 11.3 Å². The van der Waals surface area contributed by atoms with Crippen LogP contribution in [0.5, 0.6) is 0 Å². The Hall–Kier alpha value is -1.21. The second kappa shape index (κ2) is 6.70. The van der Waals surface area contributed by atoms with E-state index in [1.807, 2.05) is 36.6 Å². The Balaban J connectivity index is 2.38. The fraction of sp³-hybridized carbons (Fsp3) is 0.333. The van der Waals surface area contributed by atoms with E-state index in [-0.39, 0.29) is 6.04 Å². The number of benzene rings is 1. The molecule has 1 heterocycles. The highest BCUT2D eigenvalue weighted by atomic mass is 32.2. The summed E-state index contributed by atoms with van der Waals surface area (Å²) in [5.41, 5.74) is 0.783. The molecule has 2 aromatic rings. The van der Waals surface area contributed by atoms with Gasteiger partial charge in [-0.05, 0) is 37.0 Å². The third-order valence-electron chi connectivity index (χ3n) is 3.50. The summed E-state index contributed by atoms with van der Waals surface area (Å²) >= 11 is 1.57. The number of hydrogen-bond donors (Lipinski definition) is 1. The molecule has 0 aliphatic carbocycles. The Morgan fingerprint density at radius 2 is 1.95 bits per heavy atom. The van der Waals surface area contributed by atoms with E-state index in [4.69, 9.17) is 0 Å². The van der Waals surface area contributed by atoms with Crippen LogP contribution in [0, 0.1) is 0 Å². The summed E-state index contributed by atoms with van der Waals surface area (Å²) in [6.07, 6.45) is 0. The van der Waals surface area contributed by atoms with Crippen molar-refractivity contribution < 1.29 is 8.42 Å². The summed E-state index contributed by atoms with van der Waals surface area (Å²) < 4.78 is 27.2. The van der Waals surface area contributed by atoms with Crippen LogP contribution in [-0.2, 0) is 16.6 Å². The molecule has 21 heavy (non-hydrogen) atoms. The molecular weight excluding hydrogens is 304 g/mol. The SMILES string of the molecule is CNCc1ccccc1S(=O)(=O)N(C)C(C)c1cccs1. The molecule has 0 spiro atoms. The third kappa shape index (κ3) is 3.35. The predicted molar refractivity (Wildman–Crippen MR) is 86.9 cm³/mol. The van der Waals surface area contributed by atoms with Crippen molar-refractivity contribution >= 4 is 21.4 Å². The number of thiophene rings is 1. The quantitative estimate of drug-likeness (QED) is 0.889. The van der Waals surface area contributed by atoms with Crippen molar-refractivity contribution in [1.82, 2.24) is 9.62 Å². The lowest BCUT2D eigenvalue weighted by Gasteiger charge is -2.24. The minimum Gasteiger partial charge on any atom is -0.316 e. The van der Waals surface area contributed by atoms with Crippen LogP contribution in [0.2, 0.25) is 0 Å². The average Bonchev–Trinajstić information content (AvgIpc) is 3.00. The zero-order valence-corrected chi connectivity index (χ0v) is 14.0. The van der Waals surface area contributed by atoms with Crippen molar-refractivity contribution in [2.24, 2.45) is 0 Å². The highest BCUT2D eigenvalue weighted by Crippen LogP contribution is 2.29. The lowest BCUT2D eigenvalue weighted by molar-refractivity contribution is 0.402. The van der Waals surface area contributed by atoms with Gasteiger partial charge in [-0.2, -0.15) is 4.31 Å². The molecule has 0 bridgehead atoms. The van der Waals surface area contributed by atoms with Gasteiger partial charge in [-0.25, -0.2) is 8.42 Å². The number of nitrogens with zero attached hydrogens (tertiary/aromatic N) is 1. The fourth-order valence-corrected chi connectivity index (χ4v) is 4.62. The average molecular weight is 324 g/mol. The molecule has 0 aliphatic heterocycles. The molecule has 114 valence electrons. The van der Waals surface area contributed by atoms with E-state index in [1.54, 1.807) is 37.6 Å². The zero-order chi connectivity index (χ0) is 15.5. The topological polar surface area (TPSA) is 49.4 Å². The molecular formula is C15H20N2O2S2. The van der Waals surface area contributed by atoms with Crippen LogP contribution in [0.25, 0.3) is 0 Å². The van der Waals surface area contributed by atoms with E-state index in [0.717, 1.165) is 10.4 Å². The maximum Gasteiger partial charge on any atom is 0.243 e. The summed E-state index contributed by atoms with van der Waals surface area (Å²) in [5, 5.41) is 4.97. The predicted octanol–water partition coefficient (Wildman–Crippen LogP) is 2.85. The van der Waals surface area contributed by atoms with Crippen LogP contribution in [0.3, 0.4) is 0 Å². The van der Waals surface area contributed by atoms with Gasteiger partial charge < -0.3 is 5.32 Å². The molecule has 0 saturated heterocycles. The molecule has 4 nitrogen and oxygen atoms in total. The summed E-state index contributed by atoms with van der Waals surface area (Å²) in [6, 6.07) is 10.8. The van der Waals surface area contributed by atoms with E-state index < -0.39 is 10.0 Å². The highest BCUT2D eigenvalue weighted by molar-refractivity contribution is 7.89. The summed E-state index contributed by atoms with van der Waals surface area (Å²) in [7, 11) is -0.0754.